The zero-order chi connectivity index (χ0) is 14.4. The minimum absolute atomic E-state index is 0. The summed E-state index contributed by atoms with van der Waals surface area (Å²) < 4.78 is 0. The molecule has 0 aromatic heterocycles. The Kier molecular flexibility index (Phi) is 8.31. The van der Waals surface area contributed by atoms with Crippen LogP contribution in [0.2, 0.25) is 0 Å². The highest BCUT2D eigenvalue weighted by atomic mass is 127. The predicted octanol–water partition coefficient (Wildman–Crippen LogP) is 2.79. The zero-order valence-electron chi connectivity index (χ0n) is 14.0. The summed E-state index contributed by atoms with van der Waals surface area (Å²) in [6.07, 6.45) is 6.86. The molecule has 5 heteroatoms. The van der Waals surface area contributed by atoms with Gasteiger partial charge in [0.25, 0.3) is 0 Å². The van der Waals surface area contributed by atoms with E-state index < -0.39 is 0 Å². The standard InChI is InChI=1S/C16H32N4.HI/c1-4-19(5-2)12-7-11-18-15(17-3)20-13-10-16(14-20)8-6-9-16;/h4-14H2,1-3H3,(H,17,18);1H. The number of nitrogens with zero attached hydrogens (tertiary/aromatic N) is 3. The SMILES string of the molecule is CCN(CC)CCCNC(=NC)N1CCC2(CCC2)C1.I. The average Bonchev–Trinajstić information content (AvgIpc) is 2.88. The molecular formula is C16H33IN4. The number of hydrogen-bond acceptors (Lipinski definition) is 2. The summed E-state index contributed by atoms with van der Waals surface area (Å²) in [5, 5.41) is 3.55. The van der Waals surface area contributed by atoms with Crippen LogP contribution in [-0.2, 0) is 0 Å². The summed E-state index contributed by atoms with van der Waals surface area (Å²) >= 11 is 0. The molecule has 1 saturated carbocycles. The van der Waals surface area contributed by atoms with Crippen LogP contribution in [-0.4, -0.2) is 62.1 Å². The highest BCUT2D eigenvalue weighted by molar-refractivity contribution is 14.0. The van der Waals surface area contributed by atoms with E-state index >= 15 is 0 Å². The number of hydrogen-bond donors (Lipinski definition) is 1. The fourth-order valence-electron chi connectivity index (χ4n) is 3.58. The Morgan fingerprint density at radius 2 is 1.95 bits per heavy atom. The molecule has 4 nitrogen and oxygen atoms in total. The van der Waals surface area contributed by atoms with E-state index in [0.717, 1.165) is 25.6 Å². The van der Waals surface area contributed by atoms with Gasteiger partial charge in [-0.05, 0) is 50.7 Å². The normalized spacial score (nSPS) is 20.6. The largest absolute Gasteiger partial charge is 0.356 e. The third kappa shape index (κ3) is 4.98. The molecular weight excluding hydrogens is 375 g/mol. The van der Waals surface area contributed by atoms with E-state index in [1.807, 2.05) is 7.05 Å². The van der Waals surface area contributed by atoms with Gasteiger partial charge in [-0.1, -0.05) is 20.3 Å². The third-order valence-corrected chi connectivity index (χ3v) is 5.19. The molecule has 0 atom stereocenters. The molecule has 124 valence electrons. The van der Waals surface area contributed by atoms with Crippen LogP contribution < -0.4 is 5.32 Å². The van der Waals surface area contributed by atoms with Crippen LogP contribution in [0.4, 0.5) is 0 Å². The van der Waals surface area contributed by atoms with Gasteiger partial charge < -0.3 is 15.1 Å². The second-order valence-electron chi connectivity index (χ2n) is 6.38. The highest BCUT2D eigenvalue weighted by Gasteiger charge is 2.43. The lowest BCUT2D eigenvalue weighted by molar-refractivity contribution is 0.151. The topological polar surface area (TPSA) is 30.9 Å². The molecule has 21 heavy (non-hydrogen) atoms. The third-order valence-electron chi connectivity index (χ3n) is 5.19. The van der Waals surface area contributed by atoms with Crippen molar-refractivity contribution in [2.45, 2.75) is 46.0 Å². The number of rotatable bonds is 6. The van der Waals surface area contributed by atoms with Crippen LogP contribution in [0.1, 0.15) is 46.0 Å². The second kappa shape index (κ2) is 9.18. The van der Waals surface area contributed by atoms with Crippen LogP contribution >= 0.6 is 24.0 Å². The van der Waals surface area contributed by atoms with E-state index in [4.69, 9.17) is 0 Å². The quantitative estimate of drug-likeness (QED) is 0.317. The van der Waals surface area contributed by atoms with Crippen molar-refractivity contribution in [1.82, 2.24) is 15.1 Å². The monoisotopic (exact) mass is 408 g/mol. The van der Waals surface area contributed by atoms with Crippen molar-refractivity contribution in [2.75, 3.05) is 46.3 Å². The molecule has 1 N–H and O–H groups in total. The molecule has 1 heterocycles. The first-order chi connectivity index (χ1) is 9.73. The van der Waals surface area contributed by atoms with Gasteiger partial charge in [0.05, 0.1) is 0 Å². The Morgan fingerprint density at radius 1 is 1.24 bits per heavy atom. The molecule has 2 aliphatic rings. The zero-order valence-corrected chi connectivity index (χ0v) is 16.4. The van der Waals surface area contributed by atoms with E-state index in [2.05, 4.69) is 34.0 Å². The first-order valence-electron chi connectivity index (χ1n) is 8.41. The fraction of sp³-hybridized carbons (Fsp3) is 0.938. The molecule has 1 aliphatic heterocycles. The summed E-state index contributed by atoms with van der Waals surface area (Å²) in [4.78, 5) is 9.41. The van der Waals surface area contributed by atoms with Crippen LogP contribution in [0.15, 0.2) is 4.99 Å². The molecule has 1 spiro atoms. The van der Waals surface area contributed by atoms with Crippen LogP contribution in [0.5, 0.6) is 0 Å². The molecule has 2 fully saturated rings. The molecule has 2 rings (SSSR count). The second-order valence-corrected chi connectivity index (χ2v) is 6.38. The van der Waals surface area contributed by atoms with Crippen molar-refractivity contribution in [3.05, 3.63) is 0 Å². The van der Waals surface area contributed by atoms with Crippen molar-refractivity contribution >= 4 is 29.9 Å². The minimum Gasteiger partial charge on any atom is -0.356 e. The molecule has 0 bridgehead atoms. The van der Waals surface area contributed by atoms with Gasteiger partial charge >= 0.3 is 0 Å². The Balaban J connectivity index is 0.00000220. The number of nitrogens with one attached hydrogen (secondary N) is 1. The van der Waals surface area contributed by atoms with Gasteiger partial charge in [-0.2, -0.15) is 0 Å². The lowest BCUT2D eigenvalue weighted by Gasteiger charge is -2.38. The summed E-state index contributed by atoms with van der Waals surface area (Å²) in [6, 6.07) is 0. The summed E-state index contributed by atoms with van der Waals surface area (Å²) in [6.45, 7) is 11.4. The number of aliphatic imine (C=N–C) groups is 1. The van der Waals surface area contributed by atoms with Gasteiger partial charge in [0.15, 0.2) is 5.96 Å². The van der Waals surface area contributed by atoms with E-state index in [9.17, 15) is 0 Å². The lowest BCUT2D eigenvalue weighted by Crippen LogP contribution is -2.43. The molecule has 0 aromatic carbocycles. The maximum Gasteiger partial charge on any atom is 0.193 e. The van der Waals surface area contributed by atoms with Crippen molar-refractivity contribution in [2.24, 2.45) is 10.4 Å². The Morgan fingerprint density at radius 3 is 2.43 bits per heavy atom. The van der Waals surface area contributed by atoms with Crippen LogP contribution in [0, 0.1) is 5.41 Å². The van der Waals surface area contributed by atoms with E-state index in [0.29, 0.717) is 5.41 Å². The molecule has 0 amide bonds. The first-order valence-corrected chi connectivity index (χ1v) is 8.41. The molecule has 1 aliphatic carbocycles. The maximum absolute atomic E-state index is 4.47. The van der Waals surface area contributed by atoms with Crippen LogP contribution in [0.25, 0.3) is 0 Å². The summed E-state index contributed by atoms with van der Waals surface area (Å²) in [5.41, 5.74) is 0.652. The van der Waals surface area contributed by atoms with E-state index in [1.54, 1.807) is 0 Å². The molecule has 0 aromatic rings. The Bertz CT molecular complexity index is 324. The van der Waals surface area contributed by atoms with Crippen molar-refractivity contribution in [3.63, 3.8) is 0 Å². The fourth-order valence-corrected chi connectivity index (χ4v) is 3.58. The van der Waals surface area contributed by atoms with E-state index in [-0.39, 0.29) is 24.0 Å². The highest BCUT2D eigenvalue weighted by Crippen LogP contribution is 2.47. The lowest BCUT2D eigenvalue weighted by atomic mass is 9.68. The minimum atomic E-state index is 0. The average molecular weight is 408 g/mol. The van der Waals surface area contributed by atoms with Crippen molar-refractivity contribution < 1.29 is 0 Å². The number of guanidine groups is 1. The van der Waals surface area contributed by atoms with Gasteiger partial charge in [0.1, 0.15) is 0 Å². The molecule has 1 saturated heterocycles. The molecule has 0 unspecified atom stereocenters. The van der Waals surface area contributed by atoms with Gasteiger partial charge in [-0.15, -0.1) is 24.0 Å². The Labute approximate surface area is 147 Å². The summed E-state index contributed by atoms with van der Waals surface area (Å²) in [7, 11) is 1.92. The van der Waals surface area contributed by atoms with Gasteiger partial charge in [-0.3, -0.25) is 4.99 Å². The predicted molar refractivity (Wildman–Crippen MR) is 102 cm³/mol. The first kappa shape index (κ1) is 19.0. The Hall–Kier alpha value is -0.0400. The smallest absolute Gasteiger partial charge is 0.193 e. The van der Waals surface area contributed by atoms with Gasteiger partial charge in [0, 0.05) is 26.7 Å². The van der Waals surface area contributed by atoms with Crippen molar-refractivity contribution in [1.29, 1.82) is 0 Å². The van der Waals surface area contributed by atoms with E-state index in [1.165, 1.54) is 51.7 Å². The number of likely N-dealkylation sites (tertiary alicyclic amines) is 1. The maximum atomic E-state index is 4.47. The molecule has 0 radical (unpaired) electrons. The summed E-state index contributed by atoms with van der Waals surface area (Å²) in [5.74, 6) is 1.12. The van der Waals surface area contributed by atoms with Crippen LogP contribution in [0.3, 0.4) is 0 Å². The van der Waals surface area contributed by atoms with Crippen molar-refractivity contribution in [3.8, 4) is 0 Å². The van der Waals surface area contributed by atoms with Gasteiger partial charge in [-0.25, -0.2) is 0 Å². The number of halogens is 1. The van der Waals surface area contributed by atoms with Gasteiger partial charge in [0.2, 0.25) is 0 Å².